The minimum atomic E-state index is -0.910. The van der Waals surface area contributed by atoms with Gasteiger partial charge in [0, 0.05) is 6.04 Å². The number of carbonyl (C=O) groups is 1. The van der Waals surface area contributed by atoms with Crippen LogP contribution < -0.4 is 5.32 Å². The Balaban J connectivity index is 1.94. The molecule has 0 aromatic heterocycles. The van der Waals surface area contributed by atoms with E-state index in [0.29, 0.717) is 5.56 Å². The Hall–Kier alpha value is -2.34. The molecule has 0 saturated carbocycles. The Kier molecular flexibility index (Phi) is 6.20. The van der Waals surface area contributed by atoms with Gasteiger partial charge in [0.25, 0.3) is 0 Å². The highest BCUT2D eigenvalue weighted by Crippen LogP contribution is 2.21. The number of hydrogen-bond acceptors (Lipinski definition) is 2. The number of carbonyl (C=O) groups excluding carboxylic acids is 1. The molecule has 2 atom stereocenters. The largest absolute Gasteiger partial charge is 0.348 e. The summed E-state index contributed by atoms with van der Waals surface area (Å²) in [6, 6.07) is 9.11. The zero-order valence-corrected chi connectivity index (χ0v) is 14.4. The van der Waals surface area contributed by atoms with Crippen molar-refractivity contribution < 1.29 is 18.0 Å². The lowest BCUT2D eigenvalue weighted by molar-refractivity contribution is -0.123. The molecule has 0 radical (unpaired) electrons. The third-order valence-electron chi connectivity index (χ3n) is 4.23. The standard InChI is InChI=1S/C19H21F3N2O/c1-12(14-4-7-16(20)8-5-14)23-19(25)11-24(3)13(2)15-6-9-17(21)18(22)10-15/h4-10,12-13H,11H2,1-3H3,(H,23,25). The average molecular weight is 350 g/mol. The summed E-state index contributed by atoms with van der Waals surface area (Å²) < 4.78 is 39.3. The lowest BCUT2D eigenvalue weighted by Crippen LogP contribution is -2.37. The van der Waals surface area contributed by atoms with E-state index < -0.39 is 11.6 Å². The predicted octanol–water partition coefficient (Wildman–Crippen LogP) is 3.97. The molecule has 2 unspecified atom stereocenters. The van der Waals surface area contributed by atoms with Gasteiger partial charge in [0.2, 0.25) is 5.91 Å². The smallest absolute Gasteiger partial charge is 0.234 e. The highest BCUT2D eigenvalue weighted by atomic mass is 19.2. The Labute approximate surface area is 145 Å². The van der Waals surface area contributed by atoms with Crippen molar-refractivity contribution in [2.45, 2.75) is 25.9 Å². The molecule has 1 N–H and O–H groups in total. The van der Waals surface area contributed by atoms with Crippen molar-refractivity contribution in [1.29, 1.82) is 0 Å². The van der Waals surface area contributed by atoms with Gasteiger partial charge < -0.3 is 5.32 Å². The molecule has 0 saturated heterocycles. The molecule has 2 aromatic rings. The Morgan fingerprint density at radius 3 is 2.20 bits per heavy atom. The first-order valence-corrected chi connectivity index (χ1v) is 7.98. The number of amides is 1. The molecule has 0 aliphatic rings. The minimum absolute atomic E-state index is 0.0890. The summed E-state index contributed by atoms with van der Waals surface area (Å²) in [7, 11) is 1.73. The maximum absolute atomic E-state index is 13.4. The summed E-state index contributed by atoms with van der Waals surface area (Å²) in [6.07, 6.45) is 0. The van der Waals surface area contributed by atoms with Crippen LogP contribution >= 0.6 is 0 Å². The molecular weight excluding hydrogens is 329 g/mol. The number of rotatable bonds is 6. The second-order valence-corrected chi connectivity index (χ2v) is 6.11. The van der Waals surface area contributed by atoms with Crippen molar-refractivity contribution in [2.75, 3.05) is 13.6 Å². The maximum Gasteiger partial charge on any atom is 0.234 e. The van der Waals surface area contributed by atoms with Crippen LogP contribution in [0.5, 0.6) is 0 Å². The Morgan fingerprint density at radius 1 is 1.00 bits per heavy atom. The Bertz CT molecular complexity index is 734. The summed E-state index contributed by atoms with van der Waals surface area (Å²) in [5.74, 6) is -2.35. The second kappa shape index (κ2) is 8.16. The van der Waals surface area contributed by atoms with Crippen LogP contribution in [0.2, 0.25) is 0 Å². The maximum atomic E-state index is 13.4. The van der Waals surface area contributed by atoms with E-state index in [1.54, 1.807) is 24.1 Å². The van der Waals surface area contributed by atoms with Gasteiger partial charge >= 0.3 is 0 Å². The van der Waals surface area contributed by atoms with Crippen molar-refractivity contribution in [3.8, 4) is 0 Å². The summed E-state index contributed by atoms with van der Waals surface area (Å²) in [5, 5.41) is 2.84. The number of nitrogens with one attached hydrogen (secondary N) is 1. The van der Waals surface area contributed by atoms with Crippen LogP contribution in [0, 0.1) is 17.5 Å². The first-order chi connectivity index (χ1) is 11.8. The summed E-state index contributed by atoms with van der Waals surface area (Å²) in [5.41, 5.74) is 1.38. The quantitative estimate of drug-likeness (QED) is 0.855. The first-order valence-electron chi connectivity index (χ1n) is 7.98. The molecule has 0 fully saturated rings. The van der Waals surface area contributed by atoms with E-state index >= 15 is 0 Å². The third kappa shape index (κ3) is 5.06. The van der Waals surface area contributed by atoms with Gasteiger partial charge in [0.1, 0.15) is 5.82 Å². The van der Waals surface area contributed by atoms with E-state index in [2.05, 4.69) is 5.32 Å². The van der Waals surface area contributed by atoms with Crippen LogP contribution in [-0.2, 0) is 4.79 Å². The van der Waals surface area contributed by atoms with Gasteiger partial charge in [0.15, 0.2) is 11.6 Å². The number of halogens is 3. The van der Waals surface area contributed by atoms with Crippen LogP contribution in [0.3, 0.4) is 0 Å². The number of likely N-dealkylation sites (N-methyl/N-ethyl adjacent to an activating group) is 1. The molecule has 1 amide bonds. The van der Waals surface area contributed by atoms with Crippen LogP contribution in [-0.4, -0.2) is 24.4 Å². The van der Waals surface area contributed by atoms with E-state index in [1.165, 1.54) is 18.2 Å². The fraction of sp³-hybridized carbons (Fsp3) is 0.316. The van der Waals surface area contributed by atoms with Crippen molar-refractivity contribution in [2.24, 2.45) is 0 Å². The highest BCUT2D eigenvalue weighted by molar-refractivity contribution is 5.78. The minimum Gasteiger partial charge on any atom is -0.348 e. The Morgan fingerprint density at radius 2 is 1.60 bits per heavy atom. The molecule has 2 rings (SSSR count). The van der Waals surface area contributed by atoms with Gasteiger partial charge in [0.05, 0.1) is 12.6 Å². The zero-order valence-electron chi connectivity index (χ0n) is 14.4. The third-order valence-corrected chi connectivity index (χ3v) is 4.23. The van der Waals surface area contributed by atoms with E-state index in [4.69, 9.17) is 0 Å². The van der Waals surface area contributed by atoms with Gasteiger partial charge in [-0.15, -0.1) is 0 Å². The summed E-state index contributed by atoms with van der Waals surface area (Å²) in [4.78, 5) is 13.9. The number of hydrogen-bond donors (Lipinski definition) is 1. The first kappa shape index (κ1) is 19.0. The van der Waals surface area contributed by atoms with E-state index in [1.807, 2.05) is 13.8 Å². The van der Waals surface area contributed by atoms with Gasteiger partial charge in [-0.05, 0) is 56.3 Å². The van der Waals surface area contributed by atoms with E-state index in [9.17, 15) is 18.0 Å². The molecule has 3 nitrogen and oxygen atoms in total. The molecular formula is C19H21F3N2O. The lowest BCUT2D eigenvalue weighted by atomic mass is 10.1. The van der Waals surface area contributed by atoms with Crippen LogP contribution in [0.1, 0.15) is 37.1 Å². The number of nitrogens with zero attached hydrogens (tertiary/aromatic N) is 1. The van der Waals surface area contributed by atoms with Crippen molar-refractivity contribution in [3.05, 3.63) is 71.0 Å². The monoisotopic (exact) mass is 350 g/mol. The molecule has 0 heterocycles. The molecule has 6 heteroatoms. The van der Waals surface area contributed by atoms with E-state index in [0.717, 1.165) is 17.7 Å². The highest BCUT2D eigenvalue weighted by Gasteiger charge is 2.18. The molecule has 0 aliphatic carbocycles. The number of benzene rings is 2. The van der Waals surface area contributed by atoms with Crippen molar-refractivity contribution in [1.82, 2.24) is 10.2 Å². The molecule has 0 aliphatic heterocycles. The van der Waals surface area contributed by atoms with Gasteiger partial charge in [-0.2, -0.15) is 0 Å². The SMILES string of the molecule is CC(NC(=O)CN(C)C(C)c1ccc(F)c(F)c1)c1ccc(F)cc1. The van der Waals surface area contributed by atoms with Crippen LogP contribution in [0.15, 0.2) is 42.5 Å². The zero-order chi connectivity index (χ0) is 18.6. The van der Waals surface area contributed by atoms with Gasteiger partial charge in [-0.25, -0.2) is 13.2 Å². The summed E-state index contributed by atoms with van der Waals surface area (Å²) in [6.45, 7) is 3.71. The molecule has 2 aromatic carbocycles. The molecule has 25 heavy (non-hydrogen) atoms. The van der Waals surface area contributed by atoms with Crippen LogP contribution in [0.4, 0.5) is 13.2 Å². The van der Waals surface area contributed by atoms with Gasteiger partial charge in [-0.1, -0.05) is 18.2 Å². The molecule has 134 valence electrons. The molecule has 0 spiro atoms. The molecule has 0 bridgehead atoms. The van der Waals surface area contributed by atoms with Crippen molar-refractivity contribution in [3.63, 3.8) is 0 Å². The second-order valence-electron chi connectivity index (χ2n) is 6.11. The van der Waals surface area contributed by atoms with E-state index in [-0.39, 0.29) is 30.4 Å². The predicted molar refractivity (Wildman–Crippen MR) is 90.4 cm³/mol. The fourth-order valence-electron chi connectivity index (χ4n) is 2.51. The lowest BCUT2D eigenvalue weighted by Gasteiger charge is -2.25. The normalized spacial score (nSPS) is 13.6. The average Bonchev–Trinajstić information content (AvgIpc) is 2.57. The topological polar surface area (TPSA) is 32.3 Å². The van der Waals surface area contributed by atoms with Crippen molar-refractivity contribution >= 4 is 5.91 Å². The summed E-state index contributed by atoms with van der Waals surface area (Å²) >= 11 is 0. The van der Waals surface area contributed by atoms with Crippen LogP contribution in [0.25, 0.3) is 0 Å². The fourth-order valence-corrected chi connectivity index (χ4v) is 2.51. The van der Waals surface area contributed by atoms with Gasteiger partial charge in [-0.3, -0.25) is 9.69 Å².